The molecule has 36 heavy (non-hydrogen) atoms. The summed E-state index contributed by atoms with van der Waals surface area (Å²) in [6, 6.07) is 18.6. The Balaban J connectivity index is 1.51. The maximum absolute atomic E-state index is 12.9. The summed E-state index contributed by atoms with van der Waals surface area (Å²) in [4.78, 5) is 20.8. The molecule has 0 bridgehead atoms. The predicted octanol–water partition coefficient (Wildman–Crippen LogP) is 6.43. The third-order valence-corrected chi connectivity index (χ3v) is 6.22. The van der Waals surface area contributed by atoms with Crippen molar-refractivity contribution in [2.75, 3.05) is 5.32 Å². The summed E-state index contributed by atoms with van der Waals surface area (Å²) in [5.74, 6) is 1.47. The van der Waals surface area contributed by atoms with Crippen LogP contribution in [0.3, 0.4) is 0 Å². The van der Waals surface area contributed by atoms with Crippen LogP contribution in [-0.4, -0.2) is 25.8 Å². The number of para-hydroxylation sites is 1. The average Bonchev–Trinajstić information content (AvgIpc) is 3.28. The van der Waals surface area contributed by atoms with E-state index in [4.69, 9.17) is 21.4 Å². The summed E-state index contributed by atoms with van der Waals surface area (Å²) in [7, 11) is 0. The fourth-order valence-corrected chi connectivity index (χ4v) is 3.58. The summed E-state index contributed by atoms with van der Waals surface area (Å²) in [6.45, 7) is 8.68. The number of nitrogens with zero attached hydrogens (tertiary/aromatic N) is 4. The van der Waals surface area contributed by atoms with E-state index in [-0.39, 0.29) is 23.3 Å². The standard InChI is InChI=1S/C27H29ClN6O2/c1-5-27(3,4)22-16-23(34(33-22)20-12-10-18(2)11-13-20)31-26(35)30-17-19-8-6-7-9-21(19)36-24-14-15-29-25(28)32-24/h6-16H,5,17H2,1-4H3,(H2,30,31,35). The van der Waals surface area contributed by atoms with Crippen LogP contribution in [-0.2, 0) is 12.0 Å². The summed E-state index contributed by atoms with van der Waals surface area (Å²) in [5, 5.41) is 10.8. The molecule has 0 aliphatic heterocycles. The predicted molar refractivity (Wildman–Crippen MR) is 141 cm³/mol. The maximum Gasteiger partial charge on any atom is 0.320 e. The fourth-order valence-electron chi connectivity index (χ4n) is 3.44. The van der Waals surface area contributed by atoms with Gasteiger partial charge in [0.25, 0.3) is 0 Å². The number of urea groups is 1. The van der Waals surface area contributed by atoms with E-state index in [2.05, 4.69) is 41.4 Å². The van der Waals surface area contributed by atoms with E-state index in [1.807, 2.05) is 55.5 Å². The number of ether oxygens (including phenoxy) is 1. The Kier molecular flexibility index (Phi) is 7.55. The van der Waals surface area contributed by atoms with Gasteiger partial charge in [-0.25, -0.2) is 14.5 Å². The van der Waals surface area contributed by atoms with E-state index < -0.39 is 0 Å². The number of carbonyl (C=O) groups excluding carboxylic acids is 1. The number of benzene rings is 2. The molecular weight excluding hydrogens is 476 g/mol. The Hall–Kier alpha value is -3.91. The quantitative estimate of drug-likeness (QED) is 0.270. The van der Waals surface area contributed by atoms with Crippen molar-refractivity contribution in [1.82, 2.24) is 25.1 Å². The number of rotatable bonds is 8. The molecule has 2 aromatic heterocycles. The number of aryl methyl sites for hydroxylation is 1. The van der Waals surface area contributed by atoms with Gasteiger partial charge in [0.2, 0.25) is 11.2 Å². The Morgan fingerprint density at radius 1 is 1.11 bits per heavy atom. The molecule has 2 N–H and O–H groups in total. The molecular formula is C27H29ClN6O2. The van der Waals surface area contributed by atoms with Crippen molar-refractivity contribution in [3.05, 3.63) is 89.0 Å². The smallest absolute Gasteiger partial charge is 0.320 e. The van der Waals surface area contributed by atoms with Crippen LogP contribution in [0.25, 0.3) is 5.69 Å². The zero-order valence-corrected chi connectivity index (χ0v) is 21.5. The van der Waals surface area contributed by atoms with Crippen molar-refractivity contribution in [3.8, 4) is 17.3 Å². The summed E-state index contributed by atoms with van der Waals surface area (Å²) in [5.41, 5.74) is 3.57. The number of amides is 2. The minimum atomic E-state index is -0.357. The highest BCUT2D eigenvalue weighted by molar-refractivity contribution is 6.28. The number of anilines is 1. The Bertz CT molecular complexity index is 1350. The molecule has 0 spiro atoms. The van der Waals surface area contributed by atoms with Crippen LogP contribution in [0.15, 0.2) is 66.9 Å². The van der Waals surface area contributed by atoms with E-state index in [0.29, 0.717) is 17.4 Å². The van der Waals surface area contributed by atoms with E-state index in [1.165, 1.54) is 6.20 Å². The van der Waals surface area contributed by atoms with Gasteiger partial charge in [0.15, 0.2) is 0 Å². The molecule has 4 aromatic rings. The van der Waals surface area contributed by atoms with Gasteiger partial charge in [-0.3, -0.25) is 5.32 Å². The van der Waals surface area contributed by atoms with Gasteiger partial charge in [-0.1, -0.05) is 56.7 Å². The average molecular weight is 505 g/mol. The zero-order chi connectivity index (χ0) is 25.7. The normalized spacial score (nSPS) is 11.2. The highest BCUT2D eigenvalue weighted by Gasteiger charge is 2.24. The number of aromatic nitrogens is 4. The number of carbonyl (C=O) groups is 1. The van der Waals surface area contributed by atoms with Gasteiger partial charge in [0.1, 0.15) is 11.6 Å². The van der Waals surface area contributed by atoms with Gasteiger partial charge in [0, 0.05) is 35.9 Å². The maximum atomic E-state index is 12.9. The monoisotopic (exact) mass is 504 g/mol. The van der Waals surface area contributed by atoms with Gasteiger partial charge in [0.05, 0.1) is 11.4 Å². The minimum absolute atomic E-state index is 0.0956. The van der Waals surface area contributed by atoms with Crippen LogP contribution in [0.1, 0.15) is 44.0 Å². The Morgan fingerprint density at radius 2 is 1.86 bits per heavy atom. The molecule has 0 unspecified atom stereocenters. The Labute approximate surface area is 215 Å². The number of halogens is 1. The molecule has 8 nitrogen and oxygen atoms in total. The van der Waals surface area contributed by atoms with Crippen molar-refractivity contribution < 1.29 is 9.53 Å². The van der Waals surface area contributed by atoms with E-state index >= 15 is 0 Å². The van der Waals surface area contributed by atoms with Crippen molar-refractivity contribution >= 4 is 23.4 Å². The van der Waals surface area contributed by atoms with Crippen LogP contribution in [0, 0.1) is 6.92 Å². The minimum Gasteiger partial charge on any atom is -0.439 e. The fraction of sp³-hybridized carbons (Fsp3) is 0.259. The third kappa shape index (κ3) is 6.01. The lowest BCUT2D eigenvalue weighted by atomic mass is 9.87. The SMILES string of the molecule is CCC(C)(C)c1cc(NC(=O)NCc2ccccc2Oc2ccnc(Cl)n2)n(-c2ccc(C)cc2)n1. The van der Waals surface area contributed by atoms with Crippen LogP contribution < -0.4 is 15.4 Å². The first kappa shape index (κ1) is 25.2. The Morgan fingerprint density at radius 3 is 2.58 bits per heavy atom. The second-order valence-corrected chi connectivity index (χ2v) is 9.42. The van der Waals surface area contributed by atoms with Gasteiger partial charge in [-0.15, -0.1) is 0 Å². The molecule has 2 aromatic carbocycles. The van der Waals surface area contributed by atoms with Gasteiger partial charge in [-0.05, 0) is 43.1 Å². The molecule has 2 amide bonds. The molecule has 2 heterocycles. The molecule has 0 fully saturated rings. The van der Waals surface area contributed by atoms with E-state index in [1.54, 1.807) is 16.8 Å². The molecule has 0 radical (unpaired) electrons. The van der Waals surface area contributed by atoms with E-state index in [0.717, 1.165) is 28.9 Å². The van der Waals surface area contributed by atoms with Crippen molar-refractivity contribution in [2.45, 2.75) is 46.1 Å². The van der Waals surface area contributed by atoms with E-state index in [9.17, 15) is 4.79 Å². The molecule has 186 valence electrons. The van der Waals surface area contributed by atoms with Gasteiger partial charge in [-0.2, -0.15) is 10.1 Å². The lowest BCUT2D eigenvalue weighted by Crippen LogP contribution is -2.29. The molecule has 9 heteroatoms. The number of hydrogen-bond acceptors (Lipinski definition) is 5. The lowest BCUT2D eigenvalue weighted by Gasteiger charge is -2.19. The largest absolute Gasteiger partial charge is 0.439 e. The first-order valence-electron chi connectivity index (χ1n) is 11.7. The highest BCUT2D eigenvalue weighted by atomic mass is 35.5. The summed E-state index contributed by atoms with van der Waals surface area (Å²) in [6.07, 6.45) is 2.43. The number of nitrogens with one attached hydrogen (secondary N) is 2. The van der Waals surface area contributed by atoms with Crippen LogP contribution in [0.5, 0.6) is 11.6 Å². The van der Waals surface area contributed by atoms with Crippen molar-refractivity contribution in [2.24, 2.45) is 0 Å². The molecule has 0 aliphatic rings. The van der Waals surface area contributed by atoms with Gasteiger partial charge >= 0.3 is 6.03 Å². The molecule has 0 saturated carbocycles. The molecule has 0 aliphatic carbocycles. The first-order chi connectivity index (χ1) is 17.2. The van der Waals surface area contributed by atoms with Crippen LogP contribution in [0.4, 0.5) is 10.6 Å². The topological polar surface area (TPSA) is 94.0 Å². The highest BCUT2D eigenvalue weighted by Crippen LogP contribution is 2.29. The molecule has 0 atom stereocenters. The number of hydrogen-bond donors (Lipinski definition) is 2. The summed E-state index contributed by atoms with van der Waals surface area (Å²) >= 11 is 5.86. The second kappa shape index (κ2) is 10.8. The van der Waals surface area contributed by atoms with Crippen LogP contribution >= 0.6 is 11.6 Å². The van der Waals surface area contributed by atoms with Crippen LogP contribution in [0.2, 0.25) is 5.28 Å². The first-order valence-corrected chi connectivity index (χ1v) is 12.1. The molecule has 0 saturated heterocycles. The van der Waals surface area contributed by atoms with Crippen molar-refractivity contribution in [3.63, 3.8) is 0 Å². The zero-order valence-electron chi connectivity index (χ0n) is 20.7. The lowest BCUT2D eigenvalue weighted by molar-refractivity contribution is 0.251. The molecule has 4 rings (SSSR count). The van der Waals surface area contributed by atoms with Gasteiger partial charge < -0.3 is 10.1 Å². The third-order valence-electron chi connectivity index (χ3n) is 6.03. The second-order valence-electron chi connectivity index (χ2n) is 9.08. The summed E-state index contributed by atoms with van der Waals surface area (Å²) < 4.78 is 7.62. The van der Waals surface area contributed by atoms with Crippen molar-refractivity contribution in [1.29, 1.82) is 0 Å².